The topological polar surface area (TPSA) is 105 Å². The Bertz CT molecular complexity index is 1200. The Morgan fingerprint density at radius 2 is 1.43 bits per heavy atom. The highest BCUT2D eigenvalue weighted by molar-refractivity contribution is 7.53. The van der Waals surface area contributed by atoms with E-state index in [4.69, 9.17) is 19.5 Å². The van der Waals surface area contributed by atoms with Gasteiger partial charge in [-0.2, -0.15) is 0 Å². The van der Waals surface area contributed by atoms with E-state index in [2.05, 4.69) is 0 Å². The molecule has 0 radical (unpaired) electrons. The van der Waals surface area contributed by atoms with Gasteiger partial charge in [0.1, 0.15) is 6.61 Å². The third kappa shape index (κ3) is 8.20. The molecule has 3 aromatic carbocycles. The zero-order valence-corrected chi connectivity index (χ0v) is 22.2. The van der Waals surface area contributed by atoms with E-state index in [0.29, 0.717) is 17.5 Å². The highest BCUT2D eigenvalue weighted by Crippen LogP contribution is 2.50. The number of carbonyl (C=O) groups is 2. The van der Waals surface area contributed by atoms with Gasteiger partial charge in [-0.05, 0) is 37.0 Å². The predicted octanol–water partition coefficient (Wildman–Crippen LogP) is 5.66. The van der Waals surface area contributed by atoms with Crippen molar-refractivity contribution in [3.8, 4) is 11.1 Å². The zero-order valence-electron chi connectivity index (χ0n) is 21.3. The molecule has 0 aliphatic heterocycles. The number of carbonyl (C=O) groups excluding carboxylic acids is 2. The average molecular weight is 524 g/mol. The molecule has 1 unspecified atom stereocenters. The fourth-order valence-electron chi connectivity index (χ4n) is 4.12. The van der Waals surface area contributed by atoms with E-state index in [1.807, 2.05) is 54.6 Å². The summed E-state index contributed by atoms with van der Waals surface area (Å²) in [5.74, 6) is -1.46. The number of hydrogen-bond donors (Lipinski definition) is 1. The van der Waals surface area contributed by atoms with E-state index >= 15 is 0 Å². The zero-order chi connectivity index (χ0) is 26.7. The summed E-state index contributed by atoms with van der Waals surface area (Å²) in [6, 6.07) is 24.9. The van der Waals surface area contributed by atoms with E-state index in [1.165, 1.54) is 0 Å². The molecule has 2 N–H and O–H groups in total. The SMILES string of the molecule is CCOP(=O)(CC(Cc1ccc(-c2ccccc2)cc1)C(=O)c1ccccc1COC(=O)CN)OCC. The number of hydrogen-bond acceptors (Lipinski definition) is 7. The molecule has 0 aliphatic rings. The van der Waals surface area contributed by atoms with Crippen LogP contribution in [0.25, 0.3) is 11.1 Å². The second-order valence-corrected chi connectivity index (χ2v) is 10.6. The molecule has 0 spiro atoms. The van der Waals surface area contributed by atoms with Crippen LogP contribution in [0, 0.1) is 5.92 Å². The maximum Gasteiger partial charge on any atom is 0.331 e. The predicted molar refractivity (Wildman–Crippen MR) is 144 cm³/mol. The third-order valence-electron chi connectivity index (χ3n) is 5.85. The summed E-state index contributed by atoms with van der Waals surface area (Å²) in [7, 11) is -3.52. The van der Waals surface area contributed by atoms with Crippen LogP contribution in [0.1, 0.15) is 35.3 Å². The molecule has 8 heteroatoms. The molecule has 37 heavy (non-hydrogen) atoms. The number of esters is 1. The molecule has 3 aromatic rings. The first kappa shape index (κ1) is 28.5. The Balaban J connectivity index is 1.91. The lowest BCUT2D eigenvalue weighted by Crippen LogP contribution is -2.24. The van der Waals surface area contributed by atoms with Crippen molar-refractivity contribution in [2.75, 3.05) is 25.9 Å². The number of benzene rings is 3. The number of ether oxygens (including phenoxy) is 1. The first-order chi connectivity index (χ1) is 17.9. The summed E-state index contributed by atoms with van der Waals surface area (Å²) in [4.78, 5) is 25.5. The average Bonchev–Trinajstić information content (AvgIpc) is 2.92. The van der Waals surface area contributed by atoms with Gasteiger partial charge in [0.05, 0.1) is 25.9 Å². The Hall–Kier alpha value is -3.09. The van der Waals surface area contributed by atoms with Crippen LogP contribution in [-0.4, -0.2) is 37.7 Å². The van der Waals surface area contributed by atoms with Crippen molar-refractivity contribution in [1.82, 2.24) is 0 Å². The van der Waals surface area contributed by atoms with Crippen LogP contribution in [0.4, 0.5) is 0 Å². The number of ketones is 1. The maximum atomic E-state index is 13.9. The fraction of sp³-hybridized carbons (Fsp3) is 0.310. The Labute approximate surface area is 218 Å². The van der Waals surface area contributed by atoms with Gasteiger partial charge in [0.25, 0.3) is 0 Å². The minimum Gasteiger partial charge on any atom is -0.460 e. The number of Topliss-reactive ketones (excluding diaryl/α,β-unsaturated/α-hetero) is 1. The second-order valence-electron chi connectivity index (χ2n) is 8.48. The molecule has 7 nitrogen and oxygen atoms in total. The van der Waals surface area contributed by atoms with Crippen LogP contribution in [-0.2, 0) is 36.2 Å². The summed E-state index contributed by atoms with van der Waals surface area (Å²) < 4.78 is 29.7. The Morgan fingerprint density at radius 3 is 2.05 bits per heavy atom. The van der Waals surface area contributed by atoms with Gasteiger partial charge in [0.15, 0.2) is 5.78 Å². The van der Waals surface area contributed by atoms with Crippen molar-refractivity contribution >= 4 is 19.3 Å². The molecule has 196 valence electrons. The quantitative estimate of drug-likeness (QED) is 0.165. The molecular weight excluding hydrogens is 489 g/mol. The lowest BCUT2D eigenvalue weighted by molar-refractivity contribution is -0.143. The minimum atomic E-state index is -3.52. The molecular formula is C29H34NO6P. The molecule has 1 atom stereocenters. The summed E-state index contributed by atoms with van der Waals surface area (Å²) in [6.45, 7) is 3.57. The lowest BCUT2D eigenvalue weighted by atomic mass is 9.90. The first-order valence-corrected chi connectivity index (χ1v) is 14.1. The van der Waals surface area contributed by atoms with Gasteiger partial charge in [-0.15, -0.1) is 0 Å². The van der Waals surface area contributed by atoms with E-state index in [9.17, 15) is 14.2 Å². The van der Waals surface area contributed by atoms with Crippen molar-refractivity contribution in [2.45, 2.75) is 26.9 Å². The lowest BCUT2D eigenvalue weighted by Gasteiger charge is -2.23. The van der Waals surface area contributed by atoms with E-state index in [0.717, 1.165) is 16.7 Å². The van der Waals surface area contributed by atoms with Gasteiger partial charge < -0.3 is 19.5 Å². The molecule has 0 heterocycles. The van der Waals surface area contributed by atoms with Crippen LogP contribution < -0.4 is 5.73 Å². The van der Waals surface area contributed by atoms with Crippen LogP contribution in [0.3, 0.4) is 0 Å². The molecule has 0 bridgehead atoms. The molecule has 0 fully saturated rings. The van der Waals surface area contributed by atoms with Gasteiger partial charge in [-0.1, -0.05) is 78.9 Å². The summed E-state index contributed by atoms with van der Waals surface area (Å²) in [5.41, 5.74) is 9.38. The van der Waals surface area contributed by atoms with Crippen LogP contribution in [0.5, 0.6) is 0 Å². The molecule has 0 saturated carbocycles. The molecule has 0 aliphatic carbocycles. The van der Waals surface area contributed by atoms with Crippen LogP contribution >= 0.6 is 7.60 Å². The van der Waals surface area contributed by atoms with Crippen molar-refractivity contribution in [1.29, 1.82) is 0 Å². The van der Waals surface area contributed by atoms with Gasteiger partial charge in [-0.25, -0.2) is 0 Å². The smallest absolute Gasteiger partial charge is 0.331 e. The van der Waals surface area contributed by atoms with Gasteiger partial charge >= 0.3 is 13.6 Å². The third-order valence-corrected chi connectivity index (χ3v) is 8.04. The van der Waals surface area contributed by atoms with Crippen molar-refractivity contribution in [3.05, 3.63) is 95.6 Å². The summed E-state index contributed by atoms with van der Waals surface area (Å²) in [5, 5.41) is 0. The largest absolute Gasteiger partial charge is 0.460 e. The molecule has 0 aromatic heterocycles. The van der Waals surface area contributed by atoms with Gasteiger partial charge in [-0.3, -0.25) is 14.2 Å². The van der Waals surface area contributed by atoms with Gasteiger partial charge in [0.2, 0.25) is 0 Å². The fourth-order valence-corrected chi connectivity index (χ4v) is 6.03. The summed E-state index contributed by atoms with van der Waals surface area (Å²) in [6.07, 6.45) is 0.278. The van der Waals surface area contributed by atoms with Crippen molar-refractivity contribution in [2.24, 2.45) is 11.7 Å². The Kier molecular flexibility index (Phi) is 10.8. The Morgan fingerprint density at radius 1 is 0.838 bits per heavy atom. The maximum absolute atomic E-state index is 13.9. The van der Waals surface area contributed by atoms with Crippen LogP contribution in [0.15, 0.2) is 78.9 Å². The first-order valence-electron chi connectivity index (χ1n) is 12.4. The van der Waals surface area contributed by atoms with Crippen molar-refractivity contribution < 1.29 is 27.9 Å². The standard InChI is InChI=1S/C29H34NO6P/c1-3-35-37(33,36-4-2)21-26(18-22-14-16-24(17-15-22)23-10-6-5-7-11-23)29(32)27-13-9-8-12-25(27)20-34-28(31)19-30/h5-17,26H,3-4,18-21,30H2,1-2H3. The number of rotatable bonds is 14. The van der Waals surface area contributed by atoms with E-state index < -0.39 is 19.5 Å². The van der Waals surface area contributed by atoms with E-state index in [1.54, 1.807) is 38.1 Å². The minimum absolute atomic E-state index is 0.0646. The second kappa shape index (κ2) is 14.0. The summed E-state index contributed by atoms with van der Waals surface area (Å²) >= 11 is 0. The number of nitrogens with two attached hydrogens (primary N) is 1. The highest BCUT2D eigenvalue weighted by atomic mass is 31.2. The van der Waals surface area contributed by atoms with E-state index in [-0.39, 0.29) is 38.3 Å². The highest BCUT2D eigenvalue weighted by Gasteiger charge is 2.34. The van der Waals surface area contributed by atoms with Crippen LogP contribution in [0.2, 0.25) is 0 Å². The monoisotopic (exact) mass is 523 g/mol. The van der Waals surface area contributed by atoms with Gasteiger partial charge in [0, 0.05) is 17.0 Å². The molecule has 0 saturated heterocycles. The molecule has 3 rings (SSSR count). The van der Waals surface area contributed by atoms with Crippen molar-refractivity contribution in [3.63, 3.8) is 0 Å². The molecule has 0 amide bonds. The normalized spacial score (nSPS) is 12.2.